The molecule has 17 heteroatoms. The summed E-state index contributed by atoms with van der Waals surface area (Å²) in [5, 5.41) is 41.1. The summed E-state index contributed by atoms with van der Waals surface area (Å²) in [5.74, 6) is -1.53. The Labute approximate surface area is 226 Å². The number of nitrogens with one attached hydrogen (secondary N) is 1. The van der Waals surface area contributed by atoms with E-state index in [0.29, 0.717) is 0 Å². The molecule has 0 radical (unpaired) electrons. The zero-order valence-electron chi connectivity index (χ0n) is 22.1. The first-order chi connectivity index (χ1) is 18.8. The van der Waals surface area contributed by atoms with Crippen molar-refractivity contribution in [3.05, 3.63) is 83.1 Å². The predicted octanol–water partition coefficient (Wildman–Crippen LogP) is 4.11. The average molecular weight is 565 g/mol. The molecule has 40 heavy (non-hydrogen) atoms. The van der Waals surface area contributed by atoms with Gasteiger partial charge in [0, 0.05) is 31.8 Å². The number of benzene rings is 2. The van der Waals surface area contributed by atoms with Gasteiger partial charge in [0.15, 0.2) is 0 Å². The van der Waals surface area contributed by atoms with Crippen LogP contribution >= 0.6 is 0 Å². The van der Waals surface area contributed by atoms with E-state index in [4.69, 9.17) is 14.7 Å². The third-order valence-electron chi connectivity index (χ3n) is 4.82. The van der Waals surface area contributed by atoms with Crippen molar-refractivity contribution in [2.75, 3.05) is 32.8 Å². The molecule has 0 aromatic heterocycles. The highest BCUT2D eigenvalue weighted by molar-refractivity contribution is 5.97. The largest absolute Gasteiger partial charge is 0.462 e. The zero-order chi connectivity index (χ0) is 30.6. The highest BCUT2D eigenvalue weighted by Crippen LogP contribution is 2.30. The van der Waals surface area contributed by atoms with Crippen LogP contribution in [-0.2, 0) is 14.5 Å². The molecule has 0 unspecified atom stereocenters. The minimum absolute atomic E-state index is 0.0197. The molecule has 17 nitrogen and oxygen atoms in total. The van der Waals surface area contributed by atoms with Crippen LogP contribution in [0, 0.1) is 37.3 Å². The lowest BCUT2D eigenvalue weighted by Gasteiger charge is -2.10. The summed E-state index contributed by atoms with van der Waals surface area (Å²) in [5.41, 5.74) is 0.709. The van der Waals surface area contributed by atoms with Crippen molar-refractivity contribution in [1.82, 2.24) is 4.90 Å². The van der Waals surface area contributed by atoms with Crippen LogP contribution in [0.5, 0.6) is 0 Å². The number of esters is 2. The molecule has 216 valence electrons. The number of hydrogen-bond acceptors (Lipinski definition) is 14. The molecule has 2 aromatic carbocycles. The van der Waals surface area contributed by atoms with Gasteiger partial charge in [-0.05, 0) is 39.1 Å². The summed E-state index contributed by atoms with van der Waals surface area (Å²) in [6.45, 7) is 4.74. The van der Waals surface area contributed by atoms with Crippen LogP contribution in [0.15, 0.2) is 30.5 Å². The Hall–Kier alpha value is -5.16. The number of ether oxygens (including phenoxy) is 2. The second kappa shape index (κ2) is 15.3. The standard InChI is InChI=1S/C13H17N3O6.C10H10N2O6/c1-4-21-13(17)11-7-9(14-22-20)8-12(16(18)19)10(11)5-6-15(2)3;1-3-18-10(13)8-4-7(11(14)15)5-9(6(8)2)12(16)17/h5-8,14,20H,4H2,1-3H3;4-5H,3H2,1-2H3/b6-5+;. The quantitative estimate of drug-likeness (QED) is 0.169. The molecule has 0 aliphatic rings. The van der Waals surface area contributed by atoms with Crippen molar-refractivity contribution in [2.45, 2.75) is 20.8 Å². The summed E-state index contributed by atoms with van der Waals surface area (Å²) in [6.07, 6.45) is 3.01. The van der Waals surface area contributed by atoms with Crippen molar-refractivity contribution >= 4 is 40.8 Å². The van der Waals surface area contributed by atoms with Gasteiger partial charge in [-0.3, -0.25) is 30.3 Å². The van der Waals surface area contributed by atoms with E-state index in [1.807, 2.05) is 5.48 Å². The first-order valence-corrected chi connectivity index (χ1v) is 11.3. The molecule has 2 rings (SSSR count). The Morgan fingerprint density at radius 1 is 0.900 bits per heavy atom. The maximum Gasteiger partial charge on any atom is 0.339 e. The maximum absolute atomic E-state index is 12.0. The molecule has 0 spiro atoms. The van der Waals surface area contributed by atoms with Crippen LogP contribution in [0.3, 0.4) is 0 Å². The van der Waals surface area contributed by atoms with Crippen LogP contribution in [0.25, 0.3) is 6.08 Å². The van der Waals surface area contributed by atoms with E-state index in [-0.39, 0.29) is 46.8 Å². The number of carbonyl (C=O) groups excluding carboxylic acids is 2. The van der Waals surface area contributed by atoms with Gasteiger partial charge in [0.1, 0.15) is 0 Å². The van der Waals surface area contributed by atoms with E-state index in [1.54, 1.807) is 39.0 Å². The Morgan fingerprint density at radius 3 is 1.90 bits per heavy atom. The fourth-order valence-electron chi connectivity index (χ4n) is 3.08. The van der Waals surface area contributed by atoms with Gasteiger partial charge in [-0.2, -0.15) is 0 Å². The first kappa shape index (κ1) is 32.9. The van der Waals surface area contributed by atoms with Gasteiger partial charge in [-0.1, -0.05) is 0 Å². The number of nitrogens with zero attached hydrogens (tertiary/aromatic N) is 4. The van der Waals surface area contributed by atoms with Crippen LogP contribution in [0.4, 0.5) is 22.7 Å². The van der Waals surface area contributed by atoms with Crippen LogP contribution in [0.1, 0.15) is 45.7 Å². The lowest BCUT2D eigenvalue weighted by molar-refractivity contribution is -0.394. The number of non-ortho nitro benzene ring substituents is 1. The zero-order valence-corrected chi connectivity index (χ0v) is 22.1. The third kappa shape index (κ3) is 8.99. The number of nitro benzene ring substituents is 3. The lowest BCUT2D eigenvalue weighted by atomic mass is 10.0. The molecule has 2 N–H and O–H groups in total. The van der Waals surface area contributed by atoms with Crippen molar-refractivity contribution in [3.63, 3.8) is 0 Å². The van der Waals surface area contributed by atoms with E-state index in [2.05, 4.69) is 4.99 Å². The molecule has 0 aliphatic heterocycles. The van der Waals surface area contributed by atoms with E-state index in [0.717, 1.165) is 18.2 Å². The second-order valence-electron chi connectivity index (χ2n) is 7.78. The SMILES string of the molecule is CCOC(=O)c1cc(NOO)cc([N+](=O)[O-])c1/C=C/N(C)C.CCOC(=O)c1cc([N+](=O)[O-])cc([N+](=O)[O-])c1C. The minimum Gasteiger partial charge on any atom is -0.462 e. The van der Waals surface area contributed by atoms with Crippen molar-refractivity contribution in [1.29, 1.82) is 0 Å². The predicted molar refractivity (Wildman–Crippen MR) is 140 cm³/mol. The van der Waals surface area contributed by atoms with Gasteiger partial charge < -0.3 is 14.4 Å². The Bertz CT molecular complexity index is 1310. The minimum atomic E-state index is -0.818. The normalized spacial score (nSPS) is 10.2. The molecule has 0 fully saturated rings. The van der Waals surface area contributed by atoms with Gasteiger partial charge in [0.2, 0.25) is 0 Å². The summed E-state index contributed by atoms with van der Waals surface area (Å²) < 4.78 is 9.60. The molecule has 0 aliphatic carbocycles. The number of nitro groups is 3. The van der Waals surface area contributed by atoms with Crippen LogP contribution < -0.4 is 5.48 Å². The van der Waals surface area contributed by atoms with Gasteiger partial charge in [-0.25, -0.2) is 20.3 Å². The number of hydrogen-bond donors (Lipinski definition) is 2. The average Bonchev–Trinajstić information content (AvgIpc) is 2.87. The van der Waals surface area contributed by atoms with Gasteiger partial charge in [-0.15, -0.1) is 4.99 Å². The van der Waals surface area contributed by atoms with E-state index >= 15 is 0 Å². The summed E-state index contributed by atoms with van der Waals surface area (Å²) >= 11 is 0. The number of carbonyl (C=O) groups is 2. The van der Waals surface area contributed by atoms with E-state index in [9.17, 15) is 39.9 Å². The second-order valence-corrected chi connectivity index (χ2v) is 7.78. The topological polar surface area (TPSA) is 227 Å². The van der Waals surface area contributed by atoms with Crippen molar-refractivity contribution in [3.8, 4) is 0 Å². The highest BCUT2D eigenvalue weighted by Gasteiger charge is 2.25. The number of rotatable bonds is 11. The van der Waals surface area contributed by atoms with E-state index in [1.165, 1.54) is 19.1 Å². The molecule has 0 saturated heterocycles. The molecule has 0 atom stereocenters. The van der Waals surface area contributed by atoms with E-state index < -0.39 is 38.1 Å². The molecule has 0 bridgehead atoms. The Morgan fingerprint density at radius 2 is 1.45 bits per heavy atom. The van der Waals surface area contributed by atoms with Gasteiger partial charge in [0.05, 0.1) is 56.4 Å². The summed E-state index contributed by atoms with van der Waals surface area (Å²) in [7, 11) is 3.48. The smallest absolute Gasteiger partial charge is 0.339 e. The fraction of sp³-hybridized carbons (Fsp3) is 0.304. The fourth-order valence-corrected chi connectivity index (χ4v) is 3.08. The van der Waals surface area contributed by atoms with Crippen LogP contribution in [-0.4, -0.2) is 64.2 Å². The molecule has 0 amide bonds. The summed E-state index contributed by atoms with van der Waals surface area (Å²) in [6, 6.07) is 4.21. The third-order valence-corrected chi connectivity index (χ3v) is 4.82. The number of anilines is 1. The van der Waals surface area contributed by atoms with Gasteiger partial charge >= 0.3 is 11.9 Å². The monoisotopic (exact) mass is 565 g/mol. The molecule has 2 aromatic rings. The molecular weight excluding hydrogens is 538 g/mol. The Balaban J connectivity index is 0.000000408. The highest BCUT2D eigenvalue weighted by atomic mass is 17.2. The molecular formula is C23H27N5O12. The molecule has 0 heterocycles. The molecule has 0 saturated carbocycles. The summed E-state index contributed by atoms with van der Waals surface area (Å²) in [4.78, 5) is 59.4. The van der Waals surface area contributed by atoms with Crippen molar-refractivity contribution < 1.29 is 44.1 Å². The van der Waals surface area contributed by atoms with Gasteiger partial charge in [0.25, 0.3) is 17.1 Å². The first-order valence-electron chi connectivity index (χ1n) is 11.3. The Kier molecular flexibility index (Phi) is 12.6. The van der Waals surface area contributed by atoms with Crippen molar-refractivity contribution in [2.24, 2.45) is 0 Å². The van der Waals surface area contributed by atoms with Crippen LogP contribution in [0.2, 0.25) is 0 Å². The lowest BCUT2D eigenvalue weighted by Crippen LogP contribution is -2.10. The maximum atomic E-state index is 12.0.